The van der Waals surface area contributed by atoms with Gasteiger partial charge in [0.15, 0.2) is 0 Å². The monoisotopic (exact) mass is 222 g/mol. The van der Waals surface area contributed by atoms with Crippen LogP contribution in [0.3, 0.4) is 0 Å². The number of nitrogens with one attached hydrogen (secondary N) is 1. The van der Waals surface area contributed by atoms with Crippen LogP contribution >= 0.6 is 0 Å². The summed E-state index contributed by atoms with van der Waals surface area (Å²) in [7, 11) is 0. The Hall–Kier alpha value is -1.39. The molecule has 1 amide bonds. The van der Waals surface area contributed by atoms with Crippen LogP contribution in [0.4, 0.5) is 0 Å². The first kappa shape index (κ1) is 12.7. The molecule has 4 N–H and O–H groups in total. The lowest BCUT2D eigenvalue weighted by molar-refractivity contribution is -0.120. The molecule has 0 unspecified atom stereocenters. The maximum atomic E-state index is 11.5. The Labute approximate surface area is 95.5 Å². The molecule has 0 aliphatic heterocycles. The Morgan fingerprint density at radius 2 is 2.06 bits per heavy atom. The van der Waals surface area contributed by atoms with E-state index in [-0.39, 0.29) is 12.5 Å². The van der Waals surface area contributed by atoms with Crippen LogP contribution in [0.15, 0.2) is 24.3 Å². The molecule has 88 valence electrons. The van der Waals surface area contributed by atoms with Gasteiger partial charge in [-0.1, -0.05) is 24.3 Å². The zero-order chi connectivity index (χ0) is 12.0. The van der Waals surface area contributed by atoms with Gasteiger partial charge < -0.3 is 16.2 Å². The third-order valence-electron chi connectivity index (χ3n) is 2.28. The lowest BCUT2D eigenvalue weighted by Crippen LogP contribution is -2.31. The second kappa shape index (κ2) is 6.25. The Morgan fingerprint density at radius 3 is 2.62 bits per heavy atom. The topological polar surface area (TPSA) is 75.3 Å². The molecule has 0 heterocycles. The fraction of sp³-hybridized carbons (Fsp3) is 0.417. The molecule has 16 heavy (non-hydrogen) atoms. The maximum absolute atomic E-state index is 11.5. The fourth-order valence-electron chi connectivity index (χ4n) is 1.43. The van der Waals surface area contributed by atoms with Crippen LogP contribution in [0.25, 0.3) is 0 Å². The molecule has 0 saturated heterocycles. The number of carbonyl (C=O) groups excluding carboxylic acids is 1. The van der Waals surface area contributed by atoms with Crippen molar-refractivity contribution >= 4 is 5.91 Å². The van der Waals surface area contributed by atoms with E-state index in [0.717, 1.165) is 11.1 Å². The van der Waals surface area contributed by atoms with Gasteiger partial charge >= 0.3 is 0 Å². The number of benzene rings is 1. The van der Waals surface area contributed by atoms with Gasteiger partial charge in [0, 0.05) is 13.1 Å². The predicted octanol–water partition coefficient (Wildman–Crippen LogP) is 0.185. The van der Waals surface area contributed by atoms with Gasteiger partial charge in [0.05, 0.1) is 12.5 Å². The molecule has 0 radical (unpaired) electrons. The van der Waals surface area contributed by atoms with Gasteiger partial charge in [-0.2, -0.15) is 0 Å². The summed E-state index contributed by atoms with van der Waals surface area (Å²) in [4.78, 5) is 11.5. The highest BCUT2D eigenvalue weighted by molar-refractivity contribution is 5.78. The van der Waals surface area contributed by atoms with Gasteiger partial charge in [0.25, 0.3) is 0 Å². The number of hydrogen-bond acceptors (Lipinski definition) is 3. The van der Waals surface area contributed by atoms with Gasteiger partial charge in [-0.15, -0.1) is 0 Å². The summed E-state index contributed by atoms with van der Waals surface area (Å²) in [6.45, 7) is 2.34. The third kappa shape index (κ3) is 4.00. The highest BCUT2D eigenvalue weighted by atomic mass is 16.3. The lowest BCUT2D eigenvalue weighted by atomic mass is 10.0. The Morgan fingerprint density at radius 1 is 1.44 bits per heavy atom. The van der Waals surface area contributed by atoms with E-state index in [1.54, 1.807) is 6.92 Å². The van der Waals surface area contributed by atoms with Crippen molar-refractivity contribution in [3.8, 4) is 0 Å². The maximum Gasteiger partial charge on any atom is 0.224 e. The first-order chi connectivity index (χ1) is 7.63. The number of rotatable bonds is 5. The van der Waals surface area contributed by atoms with Crippen molar-refractivity contribution in [3.63, 3.8) is 0 Å². The van der Waals surface area contributed by atoms with Crippen LogP contribution in [0.2, 0.25) is 0 Å². The molecule has 0 aliphatic carbocycles. The van der Waals surface area contributed by atoms with E-state index >= 15 is 0 Å². The molecule has 4 heteroatoms. The van der Waals surface area contributed by atoms with Crippen LogP contribution in [0, 0.1) is 0 Å². The molecule has 1 aromatic carbocycles. The highest BCUT2D eigenvalue weighted by Gasteiger charge is 2.07. The van der Waals surface area contributed by atoms with Gasteiger partial charge in [-0.3, -0.25) is 4.79 Å². The summed E-state index contributed by atoms with van der Waals surface area (Å²) >= 11 is 0. The van der Waals surface area contributed by atoms with Crippen LogP contribution in [0.5, 0.6) is 0 Å². The smallest absolute Gasteiger partial charge is 0.224 e. The summed E-state index contributed by atoms with van der Waals surface area (Å²) in [5.41, 5.74) is 7.50. The van der Waals surface area contributed by atoms with E-state index < -0.39 is 6.10 Å². The first-order valence-corrected chi connectivity index (χ1v) is 5.35. The summed E-state index contributed by atoms with van der Waals surface area (Å²) in [6.07, 6.45) is -0.214. The average molecular weight is 222 g/mol. The van der Waals surface area contributed by atoms with Crippen molar-refractivity contribution < 1.29 is 9.90 Å². The van der Waals surface area contributed by atoms with Crippen LogP contribution in [-0.4, -0.2) is 23.7 Å². The second-order valence-electron chi connectivity index (χ2n) is 3.80. The molecule has 1 aromatic rings. The van der Waals surface area contributed by atoms with Crippen molar-refractivity contribution in [1.82, 2.24) is 5.32 Å². The molecule has 0 aromatic heterocycles. The summed E-state index contributed by atoms with van der Waals surface area (Å²) in [5.74, 6) is -0.0956. The average Bonchev–Trinajstić information content (AvgIpc) is 2.27. The third-order valence-corrected chi connectivity index (χ3v) is 2.28. The molecular formula is C12H18N2O2. The van der Waals surface area contributed by atoms with E-state index in [1.807, 2.05) is 24.3 Å². The van der Waals surface area contributed by atoms with E-state index in [0.29, 0.717) is 13.0 Å². The minimum Gasteiger partial charge on any atom is -0.392 e. The van der Waals surface area contributed by atoms with Gasteiger partial charge in [-0.05, 0) is 18.1 Å². The van der Waals surface area contributed by atoms with Crippen molar-refractivity contribution in [2.45, 2.75) is 26.0 Å². The standard InChI is InChI=1S/C12H18N2O2/c1-9(15)8-14-12(16)6-10-4-2-3-5-11(10)7-13/h2-5,9,15H,6-8,13H2,1H3,(H,14,16)/t9-/m1/s1. The van der Waals surface area contributed by atoms with Crippen LogP contribution in [-0.2, 0) is 17.8 Å². The van der Waals surface area contributed by atoms with E-state index in [1.165, 1.54) is 0 Å². The van der Waals surface area contributed by atoms with Crippen molar-refractivity contribution in [1.29, 1.82) is 0 Å². The Kier molecular flexibility index (Phi) is 4.95. The van der Waals surface area contributed by atoms with Crippen LogP contribution < -0.4 is 11.1 Å². The quantitative estimate of drug-likeness (QED) is 0.665. The lowest BCUT2D eigenvalue weighted by Gasteiger charge is -2.09. The summed E-state index contributed by atoms with van der Waals surface area (Å²) in [5, 5.41) is 11.7. The molecule has 1 rings (SSSR count). The minimum atomic E-state index is -0.520. The Bertz CT molecular complexity index is 351. The Balaban J connectivity index is 2.55. The molecule has 0 bridgehead atoms. The van der Waals surface area contributed by atoms with Crippen molar-refractivity contribution in [2.24, 2.45) is 5.73 Å². The number of nitrogens with two attached hydrogens (primary N) is 1. The number of amides is 1. The number of carbonyl (C=O) groups is 1. The predicted molar refractivity (Wildman–Crippen MR) is 62.7 cm³/mol. The highest BCUT2D eigenvalue weighted by Crippen LogP contribution is 2.08. The van der Waals surface area contributed by atoms with Crippen LogP contribution in [0.1, 0.15) is 18.1 Å². The van der Waals surface area contributed by atoms with E-state index in [2.05, 4.69) is 5.32 Å². The van der Waals surface area contributed by atoms with Gasteiger partial charge in [-0.25, -0.2) is 0 Å². The van der Waals surface area contributed by atoms with E-state index in [9.17, 15) is 4.79 Å². The zero-order valence-corrected chi connectivity index (χ0v) is 9.44. The van der Waals surface area contributed by atoms with Gasteiger partial charge in [0.2, 0.25) is 5.91 Å². The van der Waals surface area contributed by atoms with Crippen molar-refractivity contribution in [3.05, 3.63) is 35.4 Å². The number of aliphatic hydroxyl groups is 1. The molecule has 1 atom stereocenters. The second-order valence-corrected chi connectivity index (χ2v) is 3.80. The molecule has 0 saturated carbocycles. The zero-order valence-electron chi connectivity index (χ0n) is 9.44. The fourth-order valence-corrected chi connectivity index (χ4v) is 1.43. The normalized spacial score (nSPS) is 12.2. The number of hydrogen-bond donors (Lipinski definition) is 3. The number of aliphatic hydroxyl groups excluding tert-OH is 1. The summed E-state index contributed by atoms with van der Waals surface area (Å²) < 4.78 is 0. The summed E-state index contributed by atoms with van der Waals surface area (Å²) in [6, 6.07) is 7.59. The van der Waals surface area contributed by atoms with E-state index in [4.69, 9.17) is 10.8 Å². The molecular weight excluding hydrogens is 204 g/mol. The minimum absolute atomic E-state index is 0.0956. The first-order valence-electron chi connectivity index (χ1n) is 5.35. The molecule has 0 aliphatic rings. The molecule has 4 nitrogen and oxygen atoms in total. The SMILES string of the molecule is C[C@@H](O)CNC(=O)Cc1ccccc1CN. The molecule has 0 fully saturated rings. The van der Waals surface area contributed by atoms with Gasteiger partial charge in [0.1, 0.15) is 0 Å². The largest absolute Gasteiger partial charge is 0.392 e. The molecule has 0 spiro atoms. The van der Waals surface area contributed by atoms with Crippen molar-refractivity contribution in [2.75, 3.05) is 6.54 Å².